The smallest absolute Gasteiger partial charge is 0.180 e. The molecule has 2 rings (SSSR count). The van der Waals surface area contributed by atoms with E-state index in [9.17, 15) is 0 Å². The Bertz CT molecular complexity index is 255. The molecule has 1 heterocycles. The molecule has 1 aromatic heterocycles. The molecule has 1 aromatic rings. The first kappa shape index (κ1) is 8.01. The third kappa shape index (κ3) is 2.19. The number of nitrogens with two attached hydrogens (primary N) is 1. The topological polar surface area (TPSA) is 50.9 Å². The van der Waals surface area contributed by atoms with Gasteiger partial charge in [0.1, 0.15) is 0 Å². The van der Waals surface area contributed by atoms with Crippen molar-refractivity contribution < 1.29 is 0 Å². The molecule has 12 heavy (non-hydrogen) atoms. The highest BCUT2D eigenvalue weighted by atomic mass is 32.1. The van der Waals surface area contributed by atoms with Gasteiger partial charge < -0.3 is 11.1 Å². The summed E-state index contributed by atoms with van der Waals surface area (Å²) in [5.74, 6) is 0. The van der Waals surface area contributed by atoms with E-state index in [1.165, 1.54) is 24.2 Å². The third-order valence-corrected chi connectivity index (χ3v) is 2.68. The highest BCUT2D eigenvalue weighted by Crippen LogP contribution is 2.18. The summed E-state index contributed by atoms with van der Waals surface area (Å²) in [5, 5.41) is 6.15. The maximum Gasteiger partial charge on any atom is 0.180 e. The fourth-order valence-corrected chi connectivity index (χ4v) is 1.73. The van der Waals surface area contributed by atoms with Crippen LogP contribution < -0.4 is 11.1 Å². The molecular formula is C8H13N3S. The van der Waals surface area contributed by atoms with Gasteiger partial charge in [-0.15, -0.1) is 11.3 Å². The predicted molar refractivity (Wildman–Crippen MR) is 51.3 cm³/mol. The number of nitrogens with zero attached hydrogens (tertiary/aromatic N) is 1. The van der Waals surface area contributed by atoms with E-state index in [2.05, 4.69) is 10.3 Å². The fraction of sp³-hybridized carbons (Fsp3) is 0.625. The average Bonchev–Trinajstić information content (AvgIpc) is 2.76. The number of nitrogen functional groups attached to an aromatic ring is 1. The summed E-state index contributed by atoms with van der Waals surface area (Å²) in [7, 11) is 0. The maximum atomic E-state index is 5.51. The van der Waals surface area contributed by atoms with Crippen molar-refractivity contribution in [3.63, 3.8) is 0 Å². The highest BCUT2D eigenvalue weighted by Gasteiger charge is 2.19. The Kier molecular flexibility index (Phi) is 2.28. The van der Waals surface area contributed by atoms with Gasteiger partial charge in [-0.2, -0.15) is 0 Å². The number of aromatic nitrogens is 1. The number of hydrogen-bond donors (Lipinski definition) is 2. The first-order valence-corrected chi connectivity index (χ1v) is 5.16. The molecule has 1 fully saturated rings. The SMILES string of the molecule is Nc1nc(CCNC2CC2)cs1. The van der Waals surface area contributed by atoms with E-state index in [1.807, 2.05) is 5.38 Å². The number of hydrogen-bond acceptors (Lipinski definition) is 4. The van der Waals surface area contributed by atoms with Crippen LogP contribution in [-0.4, -0.2) is 17.6 Å². The lowest BCUT2D eigenvalue weighted by molar-refractivity contribution is 0.677. The Morgan fingerprint density at radius 1 is 1.67 bits per heavy atom. The average molecular weight is 183 g/mol. The molecule has 0 aliphatic heterocycles. The molecule has 1 aliphatic carbocycles. The van der Waals surface area contributed by atoms with Crippen LogP contribution in [-0.2, 0) is 6.42 Å². The zero-order valence-electron chi connectivity index (χ0n) is 6.92. The Morgan fingerprint density at radius 3 is 3.08 bits per heavy atom. The minimum atomic E-state index is 0.677. The lowest BCUT2D eigenvalue weighted by Crippen LogP contribution is -2.19. The second-order valence-corrected chi connectivity index (χ2v) is 4.05. The largest absolute Gasteiger partial charge is 0.375 e. The van der Waals surface area contributed by atoms with Crippen LogP contribution in [0, 0.1) is 0 Å². The van der Waals surface area contributed by atoms with E-state index in [4.69, 9.17) is 5.73 Å². The molecule has 66 valence electrons. The van der Waals surface area contributed by atoms with Crippen LogP contribution in [0.4, 0.5) is 5.13 Å². The van der Waals surface area contributed by atoms with Crippen LogP contribution in [0.1, 0.15) is 18.5 Å². The summed E-state index contributed by atoms with van der Waals surface area (Å²) in [6.07, 6.45) is 3.70. The molecule has 0 atom stereocenters. The summed E-state index contributed by atoms with van der Waals surface area (Å²) >= 11 is 1.52. The van der Waals surface area contributed by atoms with Gasteiger partial charge in [-0.3, -0.25) is 0 Å². The van der Waals surface area contributed by atoms with Crippen molar-refractivity contribution in [2.24, 2.45) is 0 Å². The summed E-state index contributed by atoms with van der Waals surface area (Å²) < 4.78 is 0. The van der Waals surface area contributed by atoms with E-state index in [0.717, 1.165) is 24.7 Å². The molecule has 0 radical (unpaired) electrons. The van der Waals surface area contributed by atoms with Crippen LogP contribution >= 0.6 is 11.3 Å². The van der Waals surface area contributed by atoms with Crippen LogP contribution in [0.2, 0.25) is 0 Å². The molecule has 0 aromatic carbocycles. The Balaban J connectivity index is 1.71. The molecule has 4 heteroatoms. The van der Waals surface area contributed by atoms with Gasteiger partial charge >= 0.3 is 0 Å². The third-order valence-electron chi connectivity index (χ3n) is 1.96. The predicted octanol–water partition coefficient (Wildman–Crippen LogP) is 1.02. The standard InChI is InChI=1S/C8H13N3S/c9-8-11-7(5-12-8)3-4-10-6-1-2-6/h5-6,10H,1-4H2,(H2,9,11). The van der Waals surface area contributed by atoms with Crippen LogP contribution in [0.15, 0.2) is 5.38 Å². The normalized spacial score (nSPS) is 16.7. The summed E-state index contributed by atoms with van der Waals surface area (Å²) in [5.41, 5.74) is 6.63. The molecule has 1 saturated carbocycles. The zero-order valence-corrected chi connectivity index (χ0v) is 7.73. The first-order chi connectivity index (χ1) is 5.84. The maximum absolute atomic E-state index is 5.51. The fourth-order valence-electron chi connectivity index (χ4n) is 1.13. The van der Waals surface area contributed by atoms with Crippen molar-refractivity contribution in [1.29, 1.82) is 0 Å². The zero-order chi connectivity index (χ0) is 8.39. The van der Waals surface area contributed by atoms with Crippen molar-refractivity contribution >= 4 is 16.5 Å². The first-order valence-electron chi connectivity index (χ1n) is 4.28. The lowest BCUT2D eigenvalue weighted by atomic mass is 10.3. The molecule has 3 nitrogen and oxygen atoms in total. The van der Waals surface area contributed by atoms with Crippen molar-refractivity contribution in [2.45, 2.75) is 25.3 Å². The molecule has 3 N–H and O–H groups in total. The molecule has 0 spiro atoms. The van der Waals surface area contributed by atoms with Gasteiger partial charge in [-0.25, -0.2) is 4.98 Å². The van der Waals surface area contributed by atoms with E-state index in [-0.39, 0.29) is 0 Å². The highest BCUT2D eigenvalue weighted by molar-refractivity contribution is 7.13. The second-order valence-electron chi connectivity index (χ2n) is 3.16. The van der Waals surface area contributed by atoms with Crippen molar-refractivity contribution in [3.05, 3.63) is 11.1 Å². The van der Waals surface area contributed by atoms with Gasteiger partial charge in [-0.05, 0) is 12.8 Å². The molecule has 0 unspecified atom stereocenters. The summed E-state index contributed by atoms with van der Waals surface area (Å²) in [6.45, 7) is 1.04. The summed E-state index contributed by atoms with van der Waals surface area (Å²) in [6, 6.07) is 0.793. The number of nitrogens with one attached hydrogen (secondary N) is 1. The second kappa shape index (κ2) is 3.41. The van der Waals surface area contributed by atoms with Gasteiger partial charge in [-0.1, -0.05) is 0 Å². The van der Waals surface area contributed by atoms with E-state index < -0.39 is 0 Å². The molecule has 0 bridgehead atoms. The minimum absolute atomic E-state index is 0.677. The Labute approximate surface area is 76.0 Å². The van der Waals surface area contributed by atoms with Gasteiger partial charge in [0.2, 0.25) is 0 Å². The summed E-state index contributed by atoms with van der Waals surface area (Å²) in [4.78, 5) is 4.18. The number of rotatable bonds is 4. The van der Waals surface area contributed by atoms with Crippen LogP contribution in [0.5, 0.6) is 0 Å². The van der Waals surface area contributed by atoms with Crippen LogP contribution in [0.25, 0.3) is 0 Å². The monoisotopic (exact) mass is 183 g/mol. The molecule has 1 aliphatic rings. The molecular weight excluding hydrogens is 170 g/mol. The van der Waals surface area contributed by atoms with Gasteiger partial charge in [0.25, 0.3) is 0 Å². The van der Waals surface area contributed by atoms with Gasteiger partial charge in [0.15, 0.2) is 5.13 Å². The van der Waals surface area contributed by atoms with E-state index >= 15 is 0 Å². The quantitative estimate of drug-likeness (QED) is 0.732. The lowest BCUT2D eigenvalue weighted by Gasteiger charge is -1.98. The Hall–Kier alpha value is -0.610. The number of thiazole rings is 1. The van der Waals surface area contributed by atoms with Gasteiger partial charge in [0, 0.05) is 24.4 Å². The van der Waals surface area contributed by atoms with Crippen LogP contribution in [0.3, 0.4) is 0 Å². The van der Waals surface area contributed by atoms with Crippen molar-refractivity contribution in [3.8, 4) is 0 Å². The van der Waals surface area contributed by atoms with E-state index in [0.29, 0.717) is 5.13 Å². The van der Waals surface area contributed by atoms with Crippen molar-refractivity contribution in [1.82, 2.24) is 10.3 Å². The molecule has 0 saturated heterocycles. The van der Waals surface area contributed by atoms with Crippen molar-refractivity contribution in [2.75, 3.05) is 12.3 Å². The van der Waals surface area contributed by atoms with E-state index in [1.54, 1.807) is 0 Å². The molecule has 0 amide bonds. The minimum Gasteiger partial charge on any atom is -0.375 e. The number of anilines is 1. The van der Waals surface area contributed by atoms with Gasteiger partial charge in [0.05, 0.1) is 5.69 Å². The Morgan fingerprint density at radius 2 is 2.50 bits per heavy atom.